The van der Waals surface area contributed by atoms with E-state index in [1.54, 1.807) is 0 Å². The summed E-state index contributed by atoms with van der Waals surface area (Å²) < 4.78 is 0. The van der Waals surface area contributed by atoms with E-state index in [1.807, 2.05) is 37.3 Å². The second-order valence-corrected chi connectivity index (χ2v) is 5.92. The molecule has 0 aliphatic rings. The van der Waals surface area contributed by atoms with Gasteiger partial charge >= 0.3 is 0 Å². The van der Waals surface area contributed by atoms with Crippen molar-refractivity contribution in [3.63, 3.8) is 0 Å². The summed E-state index contributed by atoms with van der Waals surface area (Å²) in [6, 6.07) is 17.9. The predicted octanol–water partition coefficient (Wildman–Crippen LogP) is 4.63. The molecule has 0 unspecified atom stereocenters. The van der Waals surface area contributed by atoms with E-state index in [0.29, 0.717) is 5.92 Å². The highest BCUT2D eigenvalue weighted by atomic mass is 16.1. The maximum Gasteiger partial charge on any atom is 0.231 e. The zero-order chi connectivity index (χ0) is 15.2. The molecule has 1 N–H and O–H groups in total. The van der Waals surface area contributed by atoms with Crippen molar-refractivity contribution >= 4 is 11.6 Å². The third-order valence-corrected chi connectivity index (χ3v) is 3.56. The van der Waals surface area contributed by atoms with Crippen LogP contribution >= 0.6 is 0 Å². The molecular weight excluding hydrogens is 258 g/mol. The third-order valence-electron chi connectivity index (χ3n) is 3.56. The molecule has 0 aliphatic heterocycles. The van der Waals surface area contributed by atoms with Gasteiger partial charge in [0.25, 0.3) is 0 Å². The first-order chi connectivity index (χ1) is 10.1. The number of rotatable bonds is 5. The van der Waals surface area contributed by atoms with Crippen LogP contribution in [0.3, 0.4) is 0 Å². The fourth-order valence-electron chi connectivity index (χ4n) is 2.34. The molecule has 2 heteroatoms. The summed E-state index contributed by atoms with van der Waals surface area (Å²) in [6.07, 6.45) is 1.07. The van der Waals surface area contributed by atoms with Gasteiger partial charge in [-0.3, -0.25) is 4.79 Å². The van der Waals surface area contributed by atoms with E-state index in [1.165, 1.54) is 5.56 Å². The quantitative estimate of drug-likeness (QED) is 0.850. The van der Waals surface area contributed by atoms with Crippen LogP contribution in [0.15, 0.2) is 54.6 Å². The number of benzene rings is 2. The van der Waals surface area contributed by atoms with Crippen molar-refractivity contribution in [1.29, 1.82) is 0 Å². The first-order valence-electron chi connectivity index (χ1n) is 7.51. The molecule has 2 aromatic carbocycles. The maximum absolute atomic E-state index is 12.3. The molecule has 0 aromatic heterocycles. The van der Waals surface area contributed by atoms with Crippen molar-refractivity contribution in [2.75, 3.05) is 5.32 Å². The highest BCUT2D eigenvalue weighted by Gasteiger charge is 2.15. The molecule has 2 aromatic rings. The van der Waals surface area contributed by atoms with Crippen LogP contribution in [-0.4, -0.2) is 5.91 Å². The van der Waals surface area contributed by atoms with Gasteiger partial charge in [0, 0.05) is 5.69 Å². The minimum atomic E-state index is -0.154. The lowest BCUT2D eigenvalue weighted by atomic mass is 9.96. The number of anilines is 1. The van der Waals surface area contributed by atoms with Crippen LogP contribution in [0.5, 0.6) is 0 Å². The van der Waals surface area contributed by atoms with Crippen LogP contribution in [0, 0.1) is 5.92 Å². The predicted molar refractivity (Wildman–Crippen MR) is 88.5 cm³/mol. The summed E-state index contributed by atoms with van der Waals surface area (Å²) in [5, 5.41) is 2.95. The molecule has 110 valence electrons. The van der Waals surface area contributed by atoms with Gasteiger partial charge in [0.15, 0.2) is 0 Å². The fraction of sp³-hybridized carbons (Fsp3) is 0.316. The smallest absolute Gasteiger partial charge is 0.231 e. The number of hydrogen-bond acceptors (Lipinski definition) is 1. The molecule has 2 rings (SSSR count). The van der Waals surface area contributed by atoms with E-state index in [2.05, 4.69) is 43.4 Å². The van der Waals surface area contributed by atoms with Crippen LogP contribution in [-0.2, 0) is 11.2 Å². The molecule has 0 heterocycles. The molecule has 0 spiro atoms. The Kier molecular flexibility index (Phi) is 5.15. The van der Waals surface area contributed by atoms with E-state index in [0.717, 1.165) is 17.7 Å². The highest BCUT2D eigenvalue weighted by molar-refractivity contribution is 5.95. The minimum Gasteiger partial charge on any atom is -0.326 e. The number of hydrogen-bond donors (Lipinski definition) is 1. The summed E-state index contributed by atoms with van der Waals surface area (Å²) in [4.78, 5) is 12.3. The number of carbonyl (C=O) groups is 1. The van der Waals surface area contributed by atoms with Crippen molar-refractivity contribution in [2.45, 2.75) is 33.1 Å². The standard InChI is InChI=1S/C19H23NO/c1-14(2)13-16-9-11-17(12-10-16)15(3)19(21)20-18-7-5-4-6-8-18/h4-12,14-15H,13H2,1-3H3,(H,20,21)/t15-/m1/s1. The van der Waals surface area contributed by atoms with Crippen LogP contribution < -0.4 is 5.32 Å². The van der Waals surface area contributed by atoms with Gasteiger partial charge in [-0.1, -0.05) is 56.3 Å². The monoisotopic (exact) mass is 281 g/mol. The normalized spacial score (nSPS) is 12.2. The molecule has 0 aliphatic carbocycles. The van der Waals surface area contributed by atoms with E-state index in [4.69, 9.17) is 0 Å². The summed E-state index contributed by atoms with van der Waals surface area (Å²) in [5.41, 5.74) is 3.21. The lowest BCUT2D eigenvalue weighted by Gasteiger charge is -2.13. The minimum absolute atomic E-state index is 0.0257. The molecule has 1 amide bonds. The topological polar surface area (TPSA) is 29.1 Å². The van der Waals surface area contributed by atoms with Crippen molar-refractivity contribution in [2.24, 2.45) is 5.92 Å². The van der Waals surface area contributed by atoms with E-state index >= 15 is 0 Å². The molecule has 0 fully saturated rings. The van der Waals surface area contributed by atoms with Crippen LogP contribution in [0.4, 0.5) is 5.69 Å². The largest absolute Gasteiger partial charge is 0.326 e. The Balaban J connectivity index is 2.02. The fourth-order valence-corrected chi connectivity index (χ4v) is 2.34. The molecular formula is C19H23NO. The van der Waals surface area contributed by atoms with Crippen molar-refractivity contribution < 1.29 is 4.79 Å². The molecule has 1 atom stereocenters. The molecule has 0 saturated heterocycles. The van der Waals surface area contributed by atoms with E-state index < -0.39 is 0 Å². The van der Waals surface area contributed by atoms with E-state index in [9.17, 15) is 4.79 Å². The third kappa shape index (κ3) is 4.45. The summed E-state index contributed by atoms with van der Waals surface area (Å²) in [5.74, 6) is 0.519. The molecule has 0 bridgehead atoms. The lowest BCUT2D eigenvalue weighted by molar-refractivity contribution is -0.117. The molecule has 21 heavy (non-hydrogen) atoms. The van der Waals surface area contributed by atoms with Gasteiger partial charge in [0.1, 0.15) is 0 Å². The molecule has 2 nitrogen and oxygen atoms in total. The van der Waals surface area contributed by atoms with Gasteiger partial charge < -0.3 is 5.32 Å². The highest BCUT2D eigenvalue weighted by Crippen LogP contribution is 2.19. The Morgan fingerprint density at radius 3 is 2.14 bits per heavy atom. The summed E-state index contributed by atoms with van der Waals surface area (Å²) in [6.45, 7) is 6.36. The van der Waals surface area contributed by atoms with Crippen LogP contribution in [0.25, 0.3) is 0 Å². The molecule has 0 radical (unpaired) electrons. The number of carbonyl (C=O) groups excluding carboxylic acids is 1. The number of para-hydroxylation sites is 1. The van der Waals surface area contributed by atoms with Gasteiger partial charge in [0.2, 0.25) is 5.91 Å². The summed E-state index contributed by atoms with van der Waals surface area (Å²) in [7, 11) is 0. The van der Waals surface area contributed by atoms with Gasteiger partial charge in [-0.15, -0.1) is 0 Å². The zero-order valence-corrected chi connectivity index (χ0v) is 13.0. The SMILES string of the molecule is CC(C)Cc1ccc([C@@H](C)C(=O)Nc2ccccc2)cc1. The van der Waals surface area contributed by atoms with Crippen molar-refractivity contribution in [1.82, 2.24) is 0 Å². The Morgan fingerprint density at radius 1 is 0.952 bits per heavy atom. The Labute approximate surface area is 127 Å². The molecule has 0 saturated carbocycles. The Bertz CT molecular complexity index is 572. The lowest BCUT2D eigenvalue weighted by Crippen LogP contribution is -2.18. The second-order valence-electron chi connectivity index (χ2n) is 5.92. The average molecular weight is 281 g/mol. The van der Waals surface area contributed by atoms with Gasteiger partial charge in [-0.25, -0.2) is 0 Å². The van der Waals surface area contributed by atoms with Gasteiger partial charge in [-0.05, 0) is 42.5 Å². The first-order valence-corrected chi connectivity index (χ1v) is 7.51. The number of amides is 1. The Hall–Kier alpha value is -2.09. The van der Waals surface area contributed by atoms with Crippen LogP contribution in [0.1, 0.15) is 37.8 Å². The Morgan fingerprint density at radius 2 is 1.57 bits per heavy atom. The second kappa shape index (κ2) is 7.07. The number of nitrogens with one attached hydrogen (secondary N) is 1. The zero-order valence-electron chi connectivity index (χ0n) is 13.0. The van der Waals surface area contributed by atoms with Crippen molar-refractivity contribution in [3.05, 3.63) is 65.7 Å². The van der Waals surface area contributed by atoms with Gasteiger partial charge in [-0.2, -0.15) is 0 Å². The van der Waals surface area contributed by atoms with Crippen molar-refractivity contribution in [3.8, 4) is 0 Å². The van der Waals surface area contributed by atoms with Crippen LogP contribution in [0.2, 0.25) is 0 Å². The maximum atomic E-state index is 12.3. The van der Waals surface area contributed by atoms with E-state index in [-0.39, 0.29) is 11.8 Å². The van der Waals surface area contributed by atoms with Gasteiger partial charge in [0.05, 0.1) is 5.92 Å². The first kappa shape index (κ1) is 15.3. The average Bonchev–Trinajstić information content (AvgIpc) is 2.47. The summed E-state index contributed by atoms with van der Waals surface area (Å²) >= 11 is 0.